The Hall–Kier alpha value is -2.97. The van der Waals surface area contributed by atoms with E-state index >= 15 is 0 Å². The first-order chi connectivity index (χ1) is 18.6. The fourth-order valence-corrected chi connectivity index (χ4v) is 5.20. The van der Waals surface area contributed by atoms with Crippen molar-refractivity contribution >= 4 is 69.9 Å². The van der Waals surface area contributed by atoms with Gasteiger partial charge in [0.25, 0.3) is 5.91 Å². The fourth-order valence-electron chi connectivity index (χ4n) is 4.41. The molecule has 204 valence electrons. The summed E-state index contributed by atoms with van der Waals surface area (Å²) in [5, 5.41) is 7.01. The van der Waals surface area contributed by atoms with Gasteiger partial charge in [0.15, 0.2) is 0 Å². The summed E-state index contributed by atoms with van der Waals surface area (Å²) >= 11 is 24.2. The van der Waals surface area contributed by atoms with Gasteiger partial charge in [-0.15, -0.1) is 0 Å². The molecule has 0 bridgehead atoms. The zero-order valence-corrected chi connectivity index (χ0v) is 24.0. The maximum absolute atomic E-state index is 13.7. The van der Waals surface area contributed by atoms with Gasteiger partial charge in [-0.1, -0.05) is 76.7 Å². The third-order valence-electron chi connectivity index (χ3n) is 6.43. The molecule has 3 aromatic carbocycles. The Kier molecular flexibility index (Phi) is 9.62. The molecule has 2 N–H and O–H groups in total. The number of hydrogen-bond acceptors (Lipinski definition) is 3. The van der Waals surface area contributed by atoms with Crippen LogP contribution in [0, 0.1) is 0 Å². The second kappa shape index (κ2) is 12.9. The molecule has 0 saturated carbocycles. The van der Waals surface area contributed by atoms with E-state index in [9.17, 15) is 14.4 Å². The van der Waals surface area contributed by atoms with E-state index < -0.39 is 11.9 Å². The highest BCUT2D eigenvalue weighted by Crippen LogP contribution is 2.26. The van der Waals surface area contributed by atoms with Crippen molar-refractivity contribution in [3.05, 3.63) is 97.9 Å². The first-order valence-corrected chi connectivity index (χ1v) is 13.7. The number of urea groups is 1. The first-order valence-electron chi connectivity index (χ1n) is 12.2. The average Bonchev–Trinajstić information content (AvgIpc) is 2.90. The average molecular weight is 608 g/mol. The topological polar surface area (TPSA) is 81.8 Å². The molecule has 1 aliphatic heterocycles. The number of amides is 4. The molecule has 1 aliphatic rings. The number of hydrogen-bond donors (Lipinski definition) is 2. The number of halogens is 4. The maximum Gasteiger partial charge on any atom is 0.322 e. The summed E-state index contributed by atoms with van der Waals surface area (Å²) in [5.41, 5.74) is 1.64. The Morgan fingerprint density at radius 3 is 2.31 bits per heavy atom. The summed E-state index contributed by atoms with van der Waals surface area (Å²) in [4.78, 5) is 43.1. The van der Waals surface area contributed by atoms with Crippen LogP contribution in [0.4, 0.5) is 10.5 Å². The van der Waals surface area contributed by atoms with Crippen LogP contribution in [0.2, 0.25) is 20.1 Å². The minimum Gasteiger partial charge on any atom is -0.340 e. The number of nitrogens with zero attached hydrogens (tertiary/aromatic N) is 2. The van der Waals surface area contributed by atoms with Crippen molar-refractivity contribution in [3.8, 4) is 0 Å². The van der Waals surface area contributed by atoms with Gasteiger partial charge in [-0.2, -0.15) is 0 Å². The number of piperazine rings is 1. The van der Waals surface area contributed by atoms with Crippen LogP contribution in [-0.4, -0.2) is 59.4 Å². The number of carbonyl (C=O) groups is 3. The molecule has 1 saturated heterocycles. The summed E-state index contributed by atoms with van der Waals surface area (Å²) in [7, 11) is 0. The van der Waals surface area contributed by atoms with Gasteiger partial charge in [0.05, 0.1) is 20.6 Å². The quantitative estimate of drug-likeness (QED) is 0.340. The maximum atomic E-state index is 13.7. The Balaban J connectivity index is 1.45. The summed E-state index contributed by atoms with van der Waals surface area (Å²) < 4.78 is 0. The number of carbonyl (C=O) groups excluding carboxylic acids is 3. The van der Waals surface area contributed by atoms with Crippen molar-refractivity contribution in [2.75, 3.05) is 25.0 Å². The molecule has 39 heavy (non-hydrogen) atoms. The predicted molar refractivity (Wildman–Crippen MR) is 156 cm³/mol. The normalized spacial score (nSPS) is 16.0. The minimum atomic E-state index is -0.838. The van der Waals surface area contributed by atoms with Crippen LogP contribution in [0.5, 0.6) is 0 Å². The van der Waals surface area contributed by atoms with E-state index in [1.165, 1.54) is 12.1 Å². The lowest BCUT2D eigenvalue weighted by atomic mass is 10.0. The summed E-state index contributed by atoms with van der Waals surface area (Å²) in [5.74, 6) is -0.715. The second-order valence-corrected chi connectivity index (χ2v) is 10.9. The van der Waals surface area contributed by atoms with Gasteiger partial charge < -0.3 is 20.4 Å². The van der Waals surface area contributed by atoms with E-state index in [1.54, 1.807) is 34.1 Å². The summed E-state index contributed by atoms with van der Waals surface area (Å²) in [6.07, 6.45) is 0.295. The van der Waals surface area contributed by atoms with Crippen molar-refractivity contribution in [2.45, 2.75) is 25.4 Å². The van der Waals surface area contributed by atoms with E-state index in [0.717, 1.165) is 5.56 Å². The fraction of sp³-hybridized carbons (Fsp3) is 0.250. The lowest BCUT2D eigenvalue weighted by Crippen LogP contribution is -2.60. The Bertz CT molecular complexity index is 1370. The van der Waals surface area contributed by atoms with Gasteiger partial charge in [0, 0.05) is 42.8 Å². The van der Waals surface area contributed by atoms with Gasteiger partial charge in [0.1, 0.15) is 6.04 Å². The van der Waals surface area contributed by atoms with Crippen molar-refractivity contribution in [3.63, 3.8) is 0 Å². The number of anilines is 1. The van der Waals surface area contributed by atoms with Crippen molar-refractivity contribution in [2.24, 2.45) is 0 Å². The molecule has 0 spiro atoms. The number of rotatable bonds is 6. The highest BCUT2D eigenvalue weighted by atomic mass is 35.5. The summed E-state index contributed by atoms with van der Waals surface area (Å²) in [6.45, 7) is 2.79. The Morgan fingerprint density at radius 2 is 1.64 bits per heavy atom. The van der Waals surface area contributed by atoms with Crippen LogP contribution in [0.3, 0.4) is 0 Å². The van der Waals surface area contributed by atoms with Crippen LogP contribution < -0.4 is 10.6 Å². The molecule has 0 aliphatic carbocycles. The predicted octanol–water partition coefficient (Wildman–Crippen LogP) is 6.41. The smallest absolute Gasteiger partial charge is 0.322 e. The molecule has 4 rings (SSSR count). The van der Waals surface area contributed by atoms with Crippen LogP contribution in [0.15, 0.2) is 66.7 Å². The lowest BCUT2D eigenvalue weighted by Gasteiger charge is -2.41. The molecule has 0 aromatic heterocycles. The van der Waals surface area contributed by atoms with Crippen LogP contribution in [0.1, 0.15) is 22.8 Å². The van der Waals surface area contributed by atoms with Crippen LogP contribution in [0.25, 0.3) is 0 Å². The zero-order valence-electron chi connectivity index (χ0n) is 21.0. The monoisotopic (exact) mass is 606 g/mol. The molecule has 2 unspecified atom stereocenters. The van der Waals surface area contributed by atoms with Crippen molar-refractivity contribution in [1.82, 2.24) is 15.1 Å². The molecule has 7 nitrogen and oxygen atoms in total. The van der Waals surface area contributed by atoms with Gasteiger partial charge in [0.2, 0.25) is 5.91 Å². The molecule has 4 amide bonds. The first kappa shape index (κ1) is 29.0. The van der Waals surface area contributed by atoms with Crippen LogP contribution in [-0.2, 0) is 11.2 Å². The molecule has 2 atom stereocenters. The summed E-state index contributed by atoms with van der Waals surface area (Å²) in [6, 6.07) is 17.5. The number of nitrogens with one attached hydrogen (secondary N) is 2. The molecule has 1 heterocycles. The van der Waals surface area contributed by atoms with Crippen LogP contribution >= 0.6 is 46.4 Å². The zero-order chi connectivity index (χ0) is 28.1. The highest BCUT2D eigenvalue weighted by Gasteiger charge is 2.34. The Labute approximate surface area is 247 Å². The van der Waals surface area contributed by atoms with Gasteiger partial charge in [-0.3, -0.25) is 9.59 Å². The third kappa shape index (κ3) is 7.37. The molecule has 3 aromatic rings. The third-order valence-corrected chi connectivity index (χ3v) is 7.72. The highest BCUT2D eigenvalue weighted by molar-refractivity contribution is 6.42. The van der Waals surface area contributed by atoms with E-state index in [2.05, 4.69) is 10.6 Å². The molecule has 1 fully saturated rings. The van der Waals surface area contributed by atoms with Crippen molar-refractivity contribution in [1.29, 1.82) is 0 Å². The van der Waals surface area contributed by atoms with E-state index in [1.807, 2.05) is 37.3 Å². The van der Waals surface area contributed by atoms with E-state index in [0.29, 0.717) is 46.8 Å². The van der Waals surface area contributed by atoms with Crippen molar-refractivity contribution < 1.29 is 14.4 Å². The lowest BCUT2D eigenvalue weighted by molar-refractivity contribution is -0.135. The van der Waals surface area contributed by atoms with Gasteiger partial charge in [-0.05, 0) is 48.9 Å². The number of benzene rings is 3. The molecule has 11 heteroatoms. The SMILES string of the molecule is CC1CN(C(=O)C(Cc2ccccc2)NC(=O)c2ccc(Cl)cc2Cl)CCN1C(=O)Nc1ccc(Cl)c(Cl)c1. The second-order valence-electron chi connectivity index (χ2n) is 9.23. The molecular formula is C28H26Cl4N4O3. The van der Waals surface area contributed by atoms with E-state index in [-0.39, 0.29) is 28.6 Å². The molecular weight excluding hydrogens is 582 g/mol. The minimum absolute atomic E-state index is 0.195. The Morgan fingerprint density at radius 1 is 0.897 bits per heavy atom. The van der Waals surface area contributed by atoms with Gasteiger partial charge >= 0.3 is 6.03 Å². The van der Waals surface area contributed by atoms with E-state index in [4.69, 9.17) is 46.4 Å². The molecule has 0 radical (unpaired) electrons. The van der Waals surface area contributed by atoms with Gasteiger partial charge in [-0.25, -0.2) is 4.79 Å². The standard InChI is InChI=1S/C28H26Cl4N4O3/c1-17-16-35(11-12-36(17)28(39)33-20-8-10-22(30)24(32)15-20)27(38)25(13-18-5-3-2-4-6-18)34-26(37)21-9-7-19(29)14-23(21)31/h2-10,14-15,17,25H,11-13,16H2,1H3,(H,33,39)(H,34,37). The largest absolute Gasteiger partial charge is 0.340 e.